The first-order chi connectivity index (χ1) is 12.2. The van der Waals surface area contributed by atoms with Crippen molar-refractivity contribution < 1.29 is 9.53 Å². The lowest BCUT2D eigenvalue weighted by Crippen LogP contribution is -2.49. The Morgan fingerprint density at radius 1 is 0.920 bits per heavy atom. The number of hydrogen-bond acceptors (Lipinski definition) is 3. The Morgan fingerprint density at radius 3 is 2.24 bits per heavy atom. The second-order valence-electron chi connectivity index (χ2n) is 6.48. The molecule has 3 rings (SSSR count). The minimum absolute atomic E-state index is 0.237. The van der Waals surface area contributed by atoms with Gasteiger partial charge in [-0.15, -0.1) is 0 Å². The highest BCUT2D eigenvalue weighted by atomic mass is 16.5. The number of benzene rings is 2. The normalized spacial score (nSPS) is 15.2. The molecular weight excluding hydrogens is 312 g/mol. The number of methoxy groups -OCH3 is 1. The van der Waals surface area contributed by atoms with Crippen LogP contribution in [0.1, 0.15) is 11.1 Å². The minimum atomic E-state index is 0.237. The maximum absolute atomic E-state index is 12.4. The van der Waals surface area contributed by atoms with Crippen molar-refractivity contribution in [3.8, 4) is 5.75 Å². The van der Waals surface area contributed by atoms with E-state index >= 15 is 0 Å². The van der Waals surface area contributed by atoms with Gasteiger partial charge >= 0.3 is 0 Å². The Kier molecular flexibility index (Phi) is 6.07. The zero-order valence-electron chi connectivity index (χ0n) is 14.9. The van der Waals surface area contributed by atoms with Crippen LogP contribution in [0.3, 0.4) is 0 Å². The summed E-state index contributed by atoms with van der Waals surface area (Å²) in [5.74, 6) is 1.13. The van der Waals surface area contributed by atoms with Gasteiger partial charge in [0.2, 0.25) is 5.91 Å². The molecule has 0 spiro atoms. The third-order valence-corrected chi connectivity index (χ3v) is 4.80. The minimum Gasteiger partial charge on any atom is -0.497 e. The van der Waals surface area contributed by atoms with Gasteiger partial charge in [-0.05, 0) is 29.7 Å². The van der Waals surface area contributed by atoms with Crippen LogP contribution in [0.15, 0.2) is 54.6 Å². The molecule has 1 aliphatic rings. The van der Waals surface area contributed by atoms with Crippen LogP contribution in [0.4, 0.5) is 0 Å². The molecule has 0 aromatic heterocycles. The summed E-state index contributed by atoms with van der Waals surface area (Å²) in [6.07, 6.45) is 1.54. The molecule has 1 saturated heterocycles. The molecule has 2 aromatic carbocycles. The molecule has 0 unspecified atom stereocenters. The third-order valence-electron chi connectivity index (χ3n) is 4.80. The molecule has 0 radical (unpaired) electrons. The van der Waals surface area contributed by atoms with Gasteiger partial charge in [-0.1, -0.05) is 42.5 Å². The van der Waals surface area contributed by atoms with Crippen molar-refractivity contribution in [1.29, 1.82) is 0 Å². The fraction of sp³-hybridized carbons (Fsp3) is 0.381. The van der Waals surface area contributed by atoms with Gasteiger partial charge in [0.05, 0.1) is 13.5 Å². The summed E-state index contributed by atoms with van der Waals surface area (Å²) in [5.41, 5.74) is 2.41. The molecule has 1 heterocycles. The van der Waals surface area contributed by atoms with Crippen LogP contribution < -0.4 is 4.74 Å². The van der Waals surface area contributed by atoms with E-state index in [1.807, 2.05) is 47.4 Å². The first-order valence-corrected chi connectivity index (χ1v) is 8.91. The van der Waals surface area contributed by atoms with E-state index in [2.05, 4.69) is 17.0 Å². The van der Waals surface area contributed by atoms with Crippen LogP contribution in [0.25, 0.3) is 0 Å². The molecule has 25 heavy (non-hydrogen) atoms. The molecular formula is C21H26N2O2. The largest absolute Gasteiger partial charge is 0.497 e. The zero-order chi connectivity index (χ0) is 17.5. The van der Waals surface area contributed by atoms with Crippen molar-refractivity contribution in [2.24, 2.45) is 0 Å². The topological polar surface area (TPSA) is 32.8 Å². The van der Waals surface area contributed by atoms with Crippen LogP contribution in [0, 0.1) is 0 Å². The maximum atomic E-state index is 12.4. The second kappa shape index (κ2) is 8.67. The van der Waals surface area contributed by atoms with Gasteiger partial charge < -0.3 is 9.64 Å². The lowest BCUT2D eigenvalue weighted by molar-refractivity contribution is -0.132. The fourth-order valence-corrected chi connectivity index (χ4v) is 3.18. The van der Waals surface area contributed by atoms with E-state index in [0.717, 1.165) is 50.5 Å². The Labute approximate surface area is 150 Å². The fourth-order valence-electron chi connectivity index (χ4n) is 3.18. The van der Waals surface area contributed by atoms with Gasteiger partial charge in [-0.25, -0.2) is 0 Å². The lowest BCUT2D eigenvalue weighted by Gasteiger charge is -2.34. The average molecular weight is 338 g/mol. The van der Waals surface area contributed by atoms with Crippen molar-refractivity contribution in [2.75, 3.05) is 39.8 Å². The Bertz CT molecular complexity index is 662. The number of hydrogen-bond donors (Lipinski definition) is 0. The van der Waals surface area contributed by atoms with E-state index in [0.29, 0.717) is 6.42 Å². The van der Waals surface area contributed by atoms with E-state index < -0.39 is 0 Å². The molecule has 1 aliphatic heterocycles. The molecule has 1 fully saturated rings. The number of ether oxygens (including phenoxy) is 1. The smallest absolute Gasteiger partial charge is 0.227 e. The third kappa shape index (κ3) is 5.07. The summed E-state index contributed by atoms with van der Waals surface area (Å²) in [4.78, 5) is 16.8. The molecule has 0 saturated carbocycles. The van der Waals surface area contributed by atoms with Crippen LogP contribution in [-0.2, 0) is 17.6 Å². The van der Waals surface area contributed by atoms with Gasteiger partial charge in [-0.3, -0.25) is 9.69 Å². The average Bonchev–Trinajstić information content (AvgIpc) is 2.68. The van der Waals surface area contributed by atoms with Gasteiger partial charge in [0.1, 0.15) is 5.75 Å². The monoisotopic (exact) mass is 338 g/mol. The summed E-state index contributed by atoms with van der Waals surface area (Å²) in [5, 5.41) is 0. The lowest BCUT2D eigenvalue weighted by atomic mass is 10.1. The number of nitrogens with zero attached hydrogens (tertiary/aromatic N) is 2. The van der Waals surface area contributed by atoms with Crippen molar-refractivity contribution in [2.45, 2.75) is 12.8 Å². The molecule has 0 bridgehead atoms. The number of carbonyl (C=O) groups excluding carboxylic acids is 1. The highest BCUT2D eigenvalue weighted by Gasteiger charge is 2.20. The Balaban J connectivity index is 1.41. The van der Waals surface area contributed by atoms with Crippen LogP contribution >= 0.6 is 0 Å². The zero-order valence-corrected chi connectivity index (χ0v) is 14.9. The molecule has 0 atom stereocenters. The quantitative estimate of drug-likeness (QED) is 0.812. The van der Waals surface area contributed by atoms with Gasteiger partial charge in [0.25, 0.3) is 0 Å². The molecule has 0 aliphatic carbocycles. The summed E-state index contributed by atoms with van der Waals surface area (Å²) in [6, 6.07) is 18.3. The van der Waals surface area contributed by atoms with E-state index in [9.17, 15) is 4.79 Å². The summed E-state index contributed by atoms with van der Waals surface area (Å²) < 4.78 is 5.19. The van der Waals surface area contributed by atoms with Crippen LogP contribution in [-0.4, -0.2) is 55.5 Å². The van der Waals surface area contributed by atoms with Crippen molar-refractivity contribution >= 4 is 5.91 Å². The van der Waals surface area contributed by atoms with E-state index in [1.165, 1.54) is 5.56 Å². The van der Waals surface area contributed by atoms with E-state index in [-0.39, 0.29) is 5.91 Å². The Morgan fingerprint density at radius 2 is 1.60 bits per heavy atom. The molecule has 1 amide bonds. The molecule has 4 heteroatoms. The highest BCUT2D eigenvalue weighted by Crippen LogP contribution is 2.13. The van der Waals surface area contributed by atoms with Crippen LogP contribution in [0.5, 0.6) is 5.75 Å². The van der Waals surface area contributed by atoms with Crippen molar-refractivity contribution in [3.63, 3.8) is 0 Å². The molecule has 4 nitrogen and oxygen atoms in total. The number of piperazine rings is 1. The Hall–Kier alpha value is -2.33. The highest BCUT2D eigenvalue weighted by molar-refractivity contribution is 5.78. The summed E-state index contributed by atoms with van der Waals surface area (Å²) in [7, 11) is 1.69. The maximum Gasteiger partial charge on any atom is 0.227 e. The first kappa shape index (κ1) is 17.5. The van der Waals surface area contributed by atoms with E-state index in [1.54, 1.807) is 7.11 Å². The summed E-state index contributed by atoms with van der Waals surface area (Å²) in [6.45, 7) is 4.60. The first-order valence-electron chi connectivity index (χ1n) is 8.91. The molecule has 2 aromatic rings. The van der Waals surface area contributed by atoms with Gasteiger partial charge in [0.15, 0.2) is 0 Å². The van der Waals surface area contributed by atoms with Crippen molar-refractivity contribution in [1.82, 2.24) is 9.80 Å². The van der Waals surface area contributed by atoms with Gasteiger partial charge in [0, 0.05) is 32.7 Å². The van der Waals surface area contributed by atoms with Crippen LogP contribution in [0.2, 0.25) is 0 Å². The number of amides is 1. The van der Waals surface area contributed by atoms with E-state index in [4.69, 9.17) is 4.74 Å². The van der Waals surface area contributed by atoms with Gasteiger partial charge in [-0.2, -0.15) is 0 Å². The predicted octanol–water partition coefficient (Wildman–Crippen LogP) is 2.62. The molecule has 132 valence electrons. The standard InChI is InChI=1S/C21H26N2O2/c1-25-20-9-7-18(8-10-20)11-12-22-13-15-23(16-14-22)21(24)17-19-5-3-2-4-6-19/h2-10H,11-17H2,1H3. The van der Waals surface area contributed by atoms with Crippen molar-refractivity contribution in [3.05, 3.63) is 65.7 Å². The number of rotatable bonds is 6. The summed E-state index contributed by atoms with van der Waals surface area (Å²) >= 11 is 0. The second-order valence-corrected chi connectivity index (χ2v) is 6.48. The number of carbonyl (C=O) groups is 1. The predicted molar refractivity (Wildman–Crippen MR) is 99.9 cm³/mol. The molecule has 0 N–H and O–H groups in total. The SMILES string of the molecule is COc1ccc(CCN2CCN(C(=O)Cc3ccccc3)CC2)cc1.